The number of rotatable bonds is 6. The van der Waals surface area contributed by atoms with Crippen molar-refractivity contribution < 1.29 is 4.79 Å². The largest absolute Gasteiger partial charge is 0.354 e. The van der Waals surface area contributed by atoms with Crippen molar-refractivity contribution in [3.8, 4) is 0 Å². The molecule has 0 bridgehead atoms. The lowest BCUT2D eigenvalue weighted by atomic mass is 10.1. The van der Waals surface area contributed by atoms with E-state index in [9.17, 15) is 4.79 Å². The van der Waals surface area contributed by atoms with Gasteiger partial charge in [-0.25, -0.2) is 0 Å². The molecule has 76 valence electrons. The molecule has 0 aliphatic heterocycles. The molecule has 1 aliphatic rings. The summed E-state index contributed by atoms with van der Waals surface area (Å²) in [5, 5.41) is 2.99. The Morgan fingerprint density at radius 1 is 1.62 bits per heavy atom. The summed E-state index contributed by atoms with van der Waals surface area (Å²) < 4.78 is 0. The Hall–Kier alpha value is -0.570. The van der Waals surface area contributed by atoms with E-state index in [1.165, 1.54) is 12.8 Å². The molecule has 1 fully saturated rings. The van der Waals surface area contributed by atoms with E-state index in [2.05, 4.69) is 12.2 Å². The van der Waals surface area contributed by atoms with Gasteiger partial charge >= 0.3 is 0 Å². The van der Waals surface area contributed by atoms with E-state index < -0.39 is 0 Å². The van der Waals surface area contributed by atoms with Crippen molar-refractivity contribution in [2.45, 2.75) is 45.1 Å². The molecule has 3 N–H and O–H groups in total. The van der Waals surface area contributed by atoms with Crippen LogP contribution >= 0.6 is 0 Å². The van der Waals surface area contributed by atoms with E-state index in [-0.39, 0.29) is 5.91 Å². The van der Waals surface area contributed by atoms with Gasteiger partial charge in [0.2, 0.25) is 5.91 Å². The molecule has 1 amide bonds. The molecule has 1 atom stereocenters. The fraction of sp³-hybridized carbons (Fsp3) is 0.900. The predicted molar refractivity (Wildman–Crippen MR) is 53.2 cm³/mol. The highest BCUT2D eigenvalue weighted by Crippen LogP contribution is 2.33. The Bertz CT molecular complexity index is 166. The van der Waals surface area contributed by atoms with Gasteiger partial charge in [0.05, 0.1) is 0 Å². The van der Waals surface area contributed by atoms with Crippen molar-refractivity contribution in [1.29, 1.82) is 0 Å². The summed E-state index contributed by atoms with van der Waals surface area (Å²) in [6, 6.07) is 0.345. The van der Waals surface area contributed by atoms with Crippen molar-refractivity contribution in [3.63, 3.8) is 0 Å². The Labute approximate surface area is 80.1 Å². The lowest BCUT2D eigenvalue weighted by Crippen LogP contribution is -2.32. The maximum Gasteiger partial charge on any atom is 0.220 e. The van der Waals surface area contributed by atoms with Gasteiger partial charge in [-0.3, -0.25) is 4.79 Å². The maximum absolute atomic E-state index is 11.2. The fourth-order valence-electron chi connectivity index (χ4n) is 1.52. The molecule has 0 heterocycles. The van der Waals surface area contributed by atoms with Gasteiger partial charge in [-0.15, -0.1) is 0 Å². The zero-order valence-corrected chi connectivity index (χ0v) is 8.38. The van der Waals surface area contributed by atoms with Crippen LogP contribution in [0.2, 0.25) is 0 Å². The van der Waals surface area contributed by atoms with Crippen LogP contribution in [-0.2, 0) is 4.79 Å². The number of carbonyl (C=O) groups excluding carboxylic acids is 1. The van der Waals surface area contributed by atoms with E-state index in [1.807, 2.05) is 0 Å². The first-order valence-electron chi connectivity index (χ1n) is 5.21. The van der Waals surface area contributed by atoms with Gasteiger partial charge in [0.15, 0.2) is 0 Å². The van der Waals surface area contributed by atoms with Gasteiger partial charge in [0.25, 0.3) is 0 Å². The van der Waals surface area contributed by atoms with Crippen molar-refractivity contribution >= 4 is 5.91 Å². The molecule has 1 aliphatic carbocycles. The zero-order chi connectivity index (χ0) is 9.68. The third-order valence-electron chi connectivity index (χ3n) is 2.40. The number of nitrogens with one attached hydrogen (secondary N) is 1. The Morgan fingerprint density at radius 2 is 2.31 bits per heavy atom. The van der Waals surface area contributed by atoms with Crippen LogP contribution in [0.3, 0.4) is 0 Å². The molecule has 0 aromatic rings. The first-order valence-corrected chi connectivity index (χ1v) is 5.21. The molecular weight excluding hydrogens is 164 g/mol. The van der Waals surface area contributed by atoms with E-state index in [0.717, 1.165) is 18.8 Å². The van der Waals surface area contributed by atoms with E-state index >= 15 is 0 Å². The molecule has 0 radical (unpaired) electrons. The molecule has 1 rings (SSSR count). The zero-order valence-electron chi connectivity index (χ0n) is 8.38. The third kappa shape index (κ3) is 4.88. The molecule has 0 aromatic carbocycles. The standard InChI is InChI=1S/C10H20N2O/c1-8(7-9-4-5-9)12-10(13)3-2-6-11/h8-9H,2-7,11H2,1H3,(H,12,13). The molecule has 3 nitrogen and oxygen atoms in total. The summed E-state index contributed by atoms with van der Waals surface area (Å²) in [6.07, 6.45) is 5.22. The molecule has 3 heteroatoms. The lowest BCUT2D eigenvalue weighted by molar-refractivity contribution is -0.121. The SMILES string of the molecule is CC(CC1CC1)NC(=O)CCCN. The van der Waals surface area contributed by atoms with Gasteiger partial charge in [-0.2, -0.15) is 0 Å². The lowest BCUT2D eigenvalue weighted by Gasteiger charge is -2.12. The summed E-state index contributed by atoms with van der Waals surface area (Å²) in [4.78, 5) is 11.2. The Balaban J connectivity index is 2.03. The van der Waals surface area contributed by atoms with Crippen LogP contribution in [0.15, 0.2) is 0 Å². The number of nitrogens with two attached hydrogens (primary N) is 1. The minimum Gasteiger partial charge on any atom is -0.354 e. The molecule has 1 saturated carbocycles. The maximum atomic E-state index is 11.2. The Kier molecular flexibility index (Phi) is 4.22. The highest BCUT2D eigenvalue weighted by molar-refractivity contribution is 5.76. The molecule has 1 unspecified atom stereocenters. The number of carbonyl (C=O) groups is 1. The highest BCUT2D eigenvalue weighted by atomic mass is 16.1. The summed E-state index contributed by atoms with van der Waals surface area (Å²) in [5.74, 6) is 1.03. The second-order valence-corrected chi connectivity index (χ2v) is 4.04. The van der Waals surface area contributed by atoms with Gasteiger partial charge < -0.3 is 11.1 Å². The first kappa shape index (κ1) is 10.5. The van der Waals surface area contributed by atoms with Crippen LogP contribution < -0.4 is 11.1 Å². The van der Waals surface area contributed by atoms with Crippen LogP contribution in [-0.4, -0.2) is 18.5 Å². The molecule has 0 aromatic heterocycles. The Morgan fingerprint density at radius 3 is 2.85 bits per heavy atom. The fourth-order valence-corrected chi connectivity index (χ4v) is 1.52. The topological polar surface area (TPSA) is 55.1 Å². The van der Waals surface area contributed by atoms with Crippen LogP contribution in [0.4, 0.5) is 0 Å². The monoisotopic (exact) mass is 184 g/mol. The average molecular weight is 184 g/mol. The van der Waals surface area contributed by atoms with Crippen molar-refractivity contribution in [1.82, 2.24) is 5.32 Å². The van der Waals surface area contributed by atoms with E-state index in [0.29, 0.717) is 19.0 Å². The smallest absolute Gasteiger partial charge is 0.220 e. The second kappa shape index (κ2) is 5.22. The number of hydrogen-bond donors (Lipinski definition) is 2. The molecular formula is C10H20N2O. The second-order valence-electron chi connectivity index (χ2n) is 4.04. The van der Waals surface area contributed by atoms with Crippen molar-refractivity contribution in [2.75, 3.05) is 6.54 Å². The minimum atomic E-state index is 0.151. The van der Waals surface area contributed by atoms with Crippen molar-refractivity contribution in [2.24, 2.45) is 11.7 Å². The minimum absolute atomic E-state index is 0.151. The summed E-state index contributed by atoms with van der Waals surface area (Å²) in [7, 11) is 0. The average Bonchev–Trinajstić information content (AvgIpc) is 2.84. The van der Waals surface area contributed by atoms with Crippen LogP contribution in [0.1, 0.15) is 39.0 Å². The molecule has 0 saturated heterocycles. The van der Waals surface area contributed by atoms with Gasteiger partial charge in [0, 0.05) is 12.5 Å². The number of amides is 1. The summed E-state index contributed by atoms with van der Waals surface area (Å²) in [6.45, 7) is 2.68. The summed E-state index contributed by atoms with van der Waals surface area (Å²) in [5.41, 5.74) is 5.32. The quantitative estimate of drug-likeness (QED) is 0.648. The van der Waals surface area contributed by atoms with Gasteiger partial charge in [0.1, 0.15) is 0 Å². The summed E-state index contributed by atoms with van der Waals surface area (Å²) >= 11 is 0. The van der Waals surface area contributed by atoms with Crippen molar-refractivity contribution in [3.05, 3.63) is 0 Å². The normalized spacial score (nSPS) is 18.3. The van der Waals surface area contributed by atoms with E-state index in [1.54, 1.807) is 0 Å². The third-order valence-corrected chi connectivity index (χ3v) is 2.40. The van der Waals surface area contributed by atoms with Crippen LogP contribution in [0.25, 0.3) is 0 Å². The number of hydrogen-bond acceptors (Lipinski definition) is 2. The van der Waals surface area contributed by atoms with Crippen LogP contribution in [0, 0.1) is 5.92 Å². The van der Waals surface area contributed by atoms with Gasteiger partial charge in [-0.05, 0) is 32.2 Å². The highest BCUT2D eigenvalue weighted by Gasteiger charge is 2.23. The van der Waals surface area contributed by atoms with E-state index in [4.69, 9.17) is 5.73 Å². The first-order chi connectivity index (χ1) is 6.22. The molecule has 13 heavy (non-hydrogen) atoms. The van der Waals surface area contributed by atoms with Crippen LogP contribution in [0.5, 0.6) is 0 Å². The molecule has 0 spiro atoms. The van der Waals surface area contributed by atoms with Gasteiger partial charge in [-0.1, -0.05) is 12.8 Å². The predicted octanol–water partition coefficient (Wildman–Crippen LogP) is 1.03.